The van der Waals surface area contributed by atoms with Crippen LogP contribution in [0.1, 0.15) is 29.2 Å². The molecule has 4 heteroatoms. The lowest BCUT2D eigenvalue weighted by Gasteiger charge is -2.18. The SMILES string of the molecule is CN1C(=O)N(C#N)CC1c1ccc2c(c1)CCC2. The number of carbonyl (C=O) groups is 1. The minimum Gasteiger partial charge on any atom is -0.318 e. The molecule has 0 aromatic heterocycles. The average Bonchev–Trinajstić information content (AvgIpc) is 2.95. The Morgan fingerprint density at radius 2 is 2.11 bits per heavy atom. The van der Waals surface area contributed by atoms with Crippen LogP contribution in [-0.2, 0) is 12.8 Å². The number of amides is 2. The van der Waals surface area contributed by atoms with Crippen LogP contribution in [0.2, 0.25) is 0 Å². The van der Waals surface area contributed by atoms with Crippen molar-refractivity contribution in [3.8, 4) is 6.19 Å². The molecule has 0 N–H and O–H groups in total. The maximum Gasteiger partial charge on any atom is 0.333 e. The molecule has 2 aliphatic rings. The van der Waals surface area contributed by atoms with Crippen molar-refractivity contribution < 1.29 is 4.79 Å². The first-order valence-electron chi connectivity index (χ1n) is 6.26. The van der Waals surface area contributed by atoms with Crippen LogP contribution in [0.5, 0.6) is 0 Å². The van der Waals surface area contributed by atoms with E-state index in [-0.39, 0.29) is 12.1 Å². The van der Waals surface area contributed by atoms with Gasteiger partial charge in [-0.1, -0.05) is 18.2 Å². The summed E-state index contributed by atoms with van der Waals surface area (Å²) in [6, 6.07) is 6.27. The first-order chi connectivity index (χ1) is 8.70. The Balaban J connectivity index is 1.92. The molecule has 2 amide bonds. The monoisotopic (exact) mass is 241 g/mol. The Morgan fingerprint density at radius 1 is 1.33 bits per heavy atom. The summed E-state index contributed by atoms with van der Waals surface area (Å²) in [5, 5.41) is 8.90. The predicted octanol–water partition coefficient (Wildman–Crippen LogP) is 2.06. The molecule has 1 aromatic carbocycles. The van der Waals surface area contributed by atoms with Gasteiger partial charge in [-0.3, -0.25) is 0 Å². The zero-order chi connectivity index (χ0) is 12.7. The summed E-state index contributed by atoms with van der Waals surface area (Å²) in [4.78, 5) is 14.7. The maximum absolute atomic E-state index is 11.8. The molecule has 1 unspecified atom stereocenters. The van der Waals surface area contributed by atoms with Crippen molar-refractivity contribution in [2.75, 3.05) is 13.6 Å². The van der Waals surface area contributed by atoms with Crippen LogP contribution in [0.3, 0.4) is 0 Å². The van der Waals surface area contributed by atoms with Crippen molar-refractivity contribution in [3.63, 3.8) is 0 Å². The first kappa shape index (κ1) is 11.1. The molecular formula is C14H15N3O. The van der Waals surface area contributed by atoms with Gasteiger partial charge in [0.05, 0.1) is 12.6 Å². The normalized spacial score (nSPS) is 22.2. The molecule has 1 aromatic rings. The highest BCUT2D eigenvalue weighted by Gasteiger charge is 2.36. The van der Waals surface area contributed by atoms with Crippen LogP contribution >= 0.6 is 0 Å². The average molecular weight is 241 g/mol. The molecule has 0 radical (unpaired) electrons. The third-order valence-electron chi connectivity index (χ3n) is 3.98. The molecule has 3 rings (SSSR count). The van der Waals surface area contributed by atoms with Gasteiger partial charge in [0, 0.05) is 7.05 Å². The lowest BCUT2D eigenvalue weighted by Crippen LogP contribution is -2.26. The van der Waals surface area contributed by atoms with E-state index in [4.69, 9.17) is 5.26 Å². The number of carbonyl (C=O) groups excluding carboxylic acids is 1. The number of fused-ring (bicyclic) bond motifs is 1. The Kier molecular flexibility index (Phi) is 2.48. The topological polar surface area (TPSA) is 47.3 Å². The molecule has 0 spiro atoms. The van der Waals surface area contributed by atoms with Crippen molar-refractivity contribution in [1.29, 1.82) is 5.26 Å². The first-order valence-corrected chi connectivity index (χ1v) is 6.26. The molecule has 1 fully saturated rings. The predicted molar refractivity (Wildman–Crippen MR) is 66.7 cm³/mol. The van der Waals surface area contributed by atoms with Crippen LogP contribution in [-0.4, -0.2) is 29.4 Å². The van der Waals surface area contributed by atoms with Crippen molar-refractivity contribution in [2.24, 2.45) is 0 Å². The zero-order valence-electron chi connectivity index (χ0n) is 10.4. The molecule has 18 heavy (non-hydrogen) atoms. The third kappa shape index (κ3) is 1.55. The van der Waals surface area contributed by atoms with Crippen molar-refractivity contribution in [2.45, 2.75) is 25.3 Å². The van der Waals surface area contributed by atoms with Gasteiger partial charge in [-0.15, -0.1) is 0 Å². The molecule has 1 saturated heterocycles. The van der Waals surface area contributed by atoms with E-state index in [0.717, 1.165) is 12.0 Å². The Labute approximate surface area is 106 Å². The molecule has 0 saturated carbocycles. The molecule has 1 heterocycles. The van der Waals surface area contributed by atoms with Crippen molar-refractivity contribution >= 4 is 6.03 Å². The second kappa shape index (κ2) is 4.02. The molecular weight excluding hydrogens is 226 g/mol. The number of likely N-dealkylation sites (N-methyl/N-ethyl adjacent to an activating group) is 1. The fourth-order valence-electron chi connectivity index (χ4n) is 2.91. The summed E-state index contributed by atoms with van der Waals surface area (Å²) >= 11 is 0. The second-order valence-electron chi connectivity index (χ2n) is 5.00. The van der Waals surface area contributed by atoms with E-state index >= 15 is 0 Å². The van der Waals surface area contributed by atoms with E-state index in [1.165, 1.54) is 28.9 Å². The summed E-state index contributed by atoms with van der Waals surface area (Å²) < 4.78 is 0. The summed E-state index contributed by atoms with van der Waals surface area (Å²) in [5.41, 5.74) is 3.98. The van der Waals surface area contributed by atoms with Gasteiger partial charge in [-0.05, 0) is 36.0 Å². The molecule has 4 nitrogen and oxygen atoms in total. The highest BCUT2D eigenvalue weighted by molar-refractivity contribution is 5.78. The van der Waals surface area contributed by atoms with E-state index < -0.39 is 0 Å². The van der Waals surface area contributed by atoms with Gasteiger partial charge in [-0.25, -0.2) is 9.69 Å². The zero-order valence-corrected chi connectivity index (χ0v) is 10.4. The molecule has 0 bridgehead atoms. The number of rotatable bonds is 1. The van der Waals surface area contributed by atoms with Gasteiger partial charge in [0.1, 0.15) is 0 Å². The van der Waals surface area contributed by atoms with Gasteiger partial charge >= 0.3 is 6.03 Å². The van der Waals surface area contributed by atoms with Crippen LogP contribution in [0.4, 0.5) is 4.79 Å². The Hall–Kier alpha value is -2.02. The van der Waals surface area contributed by atoms with Gasteiger partial charge in [-0.2, -0.15) is 5.26 Å². The molecule has 1 aliphatic heterocycles. The number of hydrogen-bond donors (Lipinski definition) is 0. The summed E-state index contributed by atoms with van der Waals surface area (Å²) in [6.07, 6.45) is 5.46. The smallest absolute Gasteiger partial charge is 0.318 e. The third-order valence-corrected chi connectivity index (χ3v) is 3.98. The van der Waals surface area contributed by atoms with Crippen molar-refractivity contribution in [3.05, 3.63) is 34.9 Å². The lowest BCUT2D eigenvalue weighted by atomic mass is 10.0. The fraction of sp³-hybridized carbons (Fsp3) is 0.429. The molecule has 92 valence electrons. The van der Waals surface area contributed by atoms with Crippen LogP contribution in [0.25, 0.3) is 0 Å². The van der Waals surface area contributed by atoms with Crippen LogP contribution in [0, 0.1) is 11.5 Å². The second-order valence-corrected chi connectivity index (χ2v) is 5.00. The number of nitriles is 1. The number of hydrogen-bond acceptors (Lipinski definition) is 2. The number of benzene rings is 1. The highest BCUT2D eigenvalue weighted by atomic mass is 16.2. The Morgan fingerprint density at radius 3 is 2.83 bits per heavy atom. The fourth-order valence-corrected chi connectivity index (χ4v) is 2.91. The van der Waals surface area contributed by atoms with E-state index in [1.807, 2.05) is 6.19 Å². The summed E-state index contributed by atoms with van der Waals surface area (Å²) in [5.74, 6) is 0. The Bertz CT molecular complexity index is 546. The molecule has 1 atom stereocenters. The van der Waals surface area contributed by atoms with Gasteiger partial charge in [0.15, 0.2) is 6.19 Å². The summed E-state index contributed by atoms with van der Waals surface area (Å²) in [7, 11) is 1.76. The number of aryl methyl sites for hydroxylation is 2. The van der Waals surface area contributed by atoms with E-state index in [9.17, 15) is 4.79 Å². The highest BCUT2D eigenvalue weighted by Crippen LogP contribution is 2.31. The van der Waals surface area contributed by atoms with Crippen LogP contribution < -0.4 is 0 Å². The van der Waals surface area contributed by atoms with Gasteiger partial charge < -0.3 is 4.90 Å². The van der Waals surface area contributed by atoms with E-state index in [2.05, 4.69) is 18.2 Å². The van der Waals surface area contributed by atoms with Crippen LogP contribution in [0.15, 0.2) is 18.2 Å². The minimum absolute atomic E-state index is 0.00282. The van der Waals surface area contributed by atoms with Gasteiger partial charge in [0.25, 0.3) is 0 Å². The maximum atomic E-state index is 11.8. The standard InChI is InChI=1S/C14H15N3O/c1-16-13(8-17(9-15)14(16)18)12-6-5-10-3-2-4-11(10)7-12/h5-7,13H,2-4,8H2,1H3. The quantitative estimate of drug-likeness (QED) is 0.707. The van der Waals surface area contributed by atoms with E-state index in [0.29, 0.717) is 6.54 Å². The summed E-state index contributed by atoms with van der Waals surface area (Å²) in [6.45, 7) is 0.463. The minimum atomic E-state index is -0.206. The lowest BCUT2D eigenvalue weighted by molar-refractivity contribution is 0.205. The largest absolute Gasteiger partial charge is 0.333 e. The molecule has 1 aliphatic carbocycles. The number of nitrogens with zero attached hydrogens (tertiary/aromatic N) is 3. The van der Waals surface area contributed by atoms with E-state index in [1.54, 1.807) is 11.9 Å². The van der Waals surface area contributed by atoms with Gasteiger partial charge in [0.2, 0.25) is 0 Å². The van der Waals surface area contributed by atoms with Crippen molar-refractivity contribution in [1.82, 2.24) is 9.80 Å². The number of urea groups is 1.